The van der Waals surface area contributed by atoms with Gasteiger partial charge < -0.3 is 4.74 Å². The van der Waals surface area contributed by atoms with Crippen LogP contribution in [0.3, 0.4) is 0 Å². The maximum absolute atomic E-state index is 14.0. The largest absolute Gasteiger partial charge is 0.463 e. The zero-order valence-corrected chi connectivity index (χ0v) is 22.5. The van der Waals surface area contributed by atoms with Crippen molar-refractivity contribution in [1.29, 1.82) is 0 Å². The summed E-state index contributed by atoms with van der Waals surface area (Å²) in [5.41, 5.74) is 0.146. The lowest BCUT2D eigenvalue weighted by molar-refractivity contribution is -0.167. The maximum Gasteiger partial charge on any atom is 0.302 e. The molecule has 1 unspecified atom stereocenters. The maximum atomic E-state index is 14.0. The molecule has 10 atom stereocenters. The first kappa shape index (κ1) is 25.2. The third-order valence-corrected chi connectivity index (χ3v) is 11.8. The number of ether oxygens (including phenoxy) is 1. The Kier molecular flexibility index (Phi) is 7.12. The van der Waals surface area contributed by atoms with E-state index in [2.05, 4.69) is 41.5 Å². The van der Waals surface area contributed by atoms with Crippen molar-refractivity contribution < 1.29 is 14.3 Å². The molecule has 0 aromatic carbocycles. The number of carbonyl (C=O) groups is 2. The number of esters is 1. The Bertz CT molecular complexity index is 743. The number of rotatable bonds is 6. The van der Waals surface area contributed by atoms with E-state index in [1.807, 2.05) is 0 Å². The van der Waals surface area contributed by atoms with Crippen molar-refractivity contribution in [2.24, 2.45) is 58.2 Å². The molecule has 0 spiro atoms. The van der Waals surface area contributed by atoms with Gasteiger partial charge in [0.15, 0.2) is 0 Å². The van der Waals surface area contributed by atoms with Gasteiger partial charge in [-0.05, 0) is 97.7 Å². The lowest BCUT2D eigenvalue weighted by atomic mass is 9.44. The summed E-state index contributed by atoms with van der Waals surface area (Å²) in [6.45, 7) is 15.9. The smallest absolute Gasteiger partial charge is 0.302 e. The Morgan fingerprint density at radius 3 is 2.39 bits per heavy atom. The molecule has 0 heterocycles. The van der Waals surface area contributed by atoms with E-state index in [0.29, 0.717) is 41.3 Å². The topological polar surface area (TPSA) is 43.4 Å². The summed E-state index contributed by atoms with van der Waals surface area (Å²) in [6.07, 6.45) is 11.6. The molecule has 0 bridgehead atoms. The minimum absolute atomic E-state index is 0.0895. The van der Waals surface area contributed by atoms with Gasteiger partial charge in [-0.1, -0.05) is 54.4 Å². The lowest BCUT2D eigenvalue weighted by Gasteiger charge is -2.60. The molecular weight excluding hydrogens is 408 g/mol. The molecule has 0 aliphatic heterocycles. The van der Waals surface area contributed by atoms with E-state index in [-0.39, 0.29) is 22.9 Å². The summed E-state index contributed by atoms with van der Waals surface area (Å²) in [5.74, 6) is 5.60. The molecule has 4 rings (SSSR count). The summed E-state index contributed by atoms with van der Waals surface area (Å²) < 4.78 is 5.62. The van der Waals surface area contributed by atoms with E-state index in [9.17, 15) is 9.59 Å². The fourth-order valence-corrected chi connectivity index (χ4v) is 9.27. The minimum Gasteiger partial charge on any atom is -0.463 e. The highest BCUT2D eigenvalue weighted by Gasteiger charge is 2.64. The van der Waals surface area contributed by atoms with Crippen LogP contribution in [0.1, 0.15) is 113 Å². The molecule has 4 saturated carbocycles. The molecule has 0 radical (unpaired) electrons. The van der Waals surface area contributed by atoms with Crippen LogP contribution in [0.15, 0.2) is 0 Å². The molecule has 4 aliphatic carbocycles. The van der Waals surface area contributed by atoms with Gasteiger partial charge in [0, 0.05) is 18.8 Å². The second kappa shape index (κ2) is 9.30. The van der Waals surface area contributed by atoms with E-state index in [1.54, 1.807) is 0 Å². The SMILES string of the molecule is CC(=O)O[C@H]1CC[C@@]2(C)C(CC[C@H]3[C@@H]4CC[C@H]([C@H](C)CC[C@H](C)C(C)C)[C@@]4(C)C(=O)C[C@@H]32)C1. The summed E-state index contributed by atoms with van der Waals surface area (Å²) >= 11 is 0. The van der Waals surface area contributed by atoms with E-state index in [4.69, 9.17) is 4.74 Å². The number of Topliss-reactive ketones (excluding diaryl/α,β-unsaturated/α-hetero) is 1. The molecule has 0 saturated heterocycles. The standard InChI is InChI=1S/C30H50O3/c1-18(2)19(3)8-9-20(4)25-12-13-26-24-11-10-22-16-23(33-21(5)31)14-15-29(22,6)27(24)17-28(32)30(25,26)7/h18-20,22-27H,8-17H2,1-7H3/t19-,20+,22?,23-,24-,25+,26-,27-,29-,30+/m0/s1. The molecule has 33 heavy (non-hydrogen) atoms. The highest BCUT2D eigenvalue weighted by Crippen LogP contribution is 2.67. The van der Waals surface area contributed by atoms with Gasteiger partial charge in [-0.2, -0.15) is 0 Å². The number of hydrogen-bond acceptors (Lipinski definition) is 3. The molecule has 188 valence electrons. The highest BCUT2D eigenvalue weighted by molar-refractivity contribution is 5.87. The van der Waals surface area contributed by atoms with Gasteiger partial charge in [0.05, 0.1) is 0 Å². The van der Waals surface area contributed by atoms with Crippen LogP contribution in [0.5, 0.6) is 0 Å². The van der Waals surface area contributed by atoms with Crippen LogP contribution < -0.4 is 0 Å². The van der Waals surface area contributed by atoms with Crippen LogP contribution in [0.4, 0.5) is 0 Å². The highest BCUT2D eigenvalue weighted by atomic mass is 16.5. The summed E-state index contributed by atoms with van der Waals surface area (Å²) in [4.78, 5) is 25.5. The van der Waals surface area contributed by atoms with E-state index in [1.165, 1.54) is 45.4 Å². The second-order valence-corrected chi connectivity index (χ2v) is 13.5. The van der Waals surface area contributed by atoms with Gasteiger partial charge in [0.1, 0.15) is 11.9 Å². The molecule has 3 heteroatoms. The Balaban J connectivity index is 1.49. The van der Waals surface area contributed by atoms with Crippen molar-refractivity contribution in [1.82, 2.24) is 0 Å². The van der Waals surface area contributed by atoms with Crippen molar-refractivity contribution >= 4 is 11.8 Å². The van der Waals surface area contributed by atoms with Crippen molar-refractivity contribution in [3.8, 4) is 0 Å². The molecule has 3 nitrogen and oxygen atoms in total. The van der Waals surface area contributed by atoms with Gasteiger partial charge in [0.2, 0.25) is 0 Å². The number of ketones is 1. The van der Waals surface area contributed by atoms with Crippen molar-refractivity contribution in [3.63, 3.8) is 0 Å². The van der Waals surface area contributed by atoms with Crippen molar-refractivity contribution in [2.75, 3.05) is 0 Å². The average molecular weight is 459 g/mol. The first-order valence-corrected chi connectivity index (χ1v) is 14.2. The van der Waals surface area contributed by atoms with E-state index < -0.39 is 0 Å². The van der Waals surface area contributed by atoms with Gasteiger partial charge >= 0.3 is 5.97 Å². The van der Waals surface area contributed by atoms with Crippen LogP contribution >= 0.6 is 0 Å². The fourth-order valence-electron chi connectivity index (χ4n) is 9.27. The Hall–Kier alpha value is -0.860. The van der Waals surface area contributed by atoms with Gasteiger partial charge in [-0.25, -0.2) is 0 Å². The molecule has 0 N–H and O–H groups in total. The molecule has 4 fully saturated rings. The van der Waals surface area contributed by atoms with E-state index in [0.717, 1.165) is 37.5 Å². The Morgan fingerprint density at radius 2 is 1.73 bits per heavy atom. The number of fused-ring (bicyclic) bond motifs is 5. The monoisotopic (exact) mass is 458 g/mol. The number of carbonyl (C=O) groups excluding carboxylic acids is 2. The van der Waals surface area contributed by atoms with E-state index >= 15 is 0 Å². The summed E-state index contributed by atoms with van der Waals surface area (Å²) in [6, 6.07) is 0. The van der Waals surface area contributed by atoms with Crippen molar-refractivity contribution in [3.05, 3.63) is 0 Å². The first-order valence-electron chi connectivity index (χ1n) is 14.2. The van der Waals surface area contributed by atoms with Crippen LogP contribution in [0.25, 0.3) is 0 Å². The second-order valence-electron chi connectivity index (χ2n) is 13.5. The normalized spacial score (nSPS) is 44.5. The van der Waals surface area contributed by atoms with Crippen LogP contribution in [0, 0.1) is 58.2 Å². The molecule has 0 amide bonds. The average Bonchev–Trinajstić information content (AvgIpc) is 3.11. The number of hydrogen-bond donors (Lipinski definition) is 0. The molecular formula is C30H50O3. The van der Waals surface area contributed by atoms with Crippen LogP contribution in [-0.4, -0.2) is 17.9 Å². The summed E-state index contributed by atoms with van der Waals surface area (Å²) in [7, 11) is 0. The third-order valence-electron chi connectivity index (χ3n) is 11.8. The minimum atomic E-state index is -0.144. The molecule has 4 aliphatic rings. The third kappa shape index (κ3) is 4.33. The Labute approximate surface area is 203 Å². The zero-order chi connectivity index (χ0) is 24.1. The van der Waals surface area contributed by atoms with Crippen molar-refractivity contribution in [2.45, 2.75) is 119 Å². The predicted octanol–water partition coefficient (Wildman–Crippen LogP) is 7.46. The van der Waals surface area contributed by atoms with Crippen LogP contribution in [-0.2, 0) is 14.3 Å². The molecule has 0 aromatic heterocycles. The quantitative estimate of drug-likeness (QED) is 0.388. The van der Waals surface area contributed by atoms with Gasteiger partial charge in [0.25, 0.3) is 0 Å². The van der Waals surface area contributed by atoms with Gasteiger partial charge in [-0.3, -0.25) is 9.59 Å². The predicted molar refractivity (Wildman–Crippen MR) is 134 cm³/mol. The lowest BCUT2D eigenvalue weighted by Crippen LogP contribution is -2.57. The van der Waals surface area contributed by atoms with Crippen LogP contribution in [0.2, 0.25) is 0 Å². The zero-order valence-electron chi connectivity index (χ0n) is 22.5. The first-order chi connectivity index (χ1) is 15.5. The summed E-state index contributed by atoms with van der Waals surface area (Å²) in [5, 5.41) is 0. The van der Waals surface area contributed by atoms with Gasteiger partial charge in [-0.15, -0.1) is 0 Å². The Morgan fingerprint density at radius 1 is 1.00 bits per heavy atom. The fraction of sp³-hybridized carbons (Fsp3) is 0.933. The molecule has 0 aromatic rings.